The van der Waals surface area contributed by atoms with Crippen molar-refractivity contribution in [1.82, 2.24) is 4.90 Å². The van der Waals surface area contributed by atoms with Crippen molar-refractivity contribution in [3.05, 3.63) is 61.9 Å². The topological polar surface area (TPSA) is 32.3 Å². The van der Waals surface area contributed by atoms with E-state index in [-0.39, 0.29) is 17.6 Å². The quantitative estimate of drug-likeness (QED) is 0.599. The first kappa shape index (κ1) is 19.6. The van der Waals surface area contributed by atoms with Gasteiger partial charge in [0.05, 0.1) is 0 Å². The SMILES string of the molecule is Cc1cc(I)ccc1NC(=O)C1CCN(Cc2c(F)cccc2Cl)CC1. The highest BCUT2D eigenvalue weighted by molar-refractivity contribution is 14.1. The van der Waals surface area contributed by atoms with Crippen LogP contribution in [0.4, 0.5) is 10.1 Å². The van der Waals surface area contributed by atoms with Crippen LogP contribution in [0, 0.1) is 22.2 Å². The lowest BCUT2D eigenvalue weighted by molar-refractivity contribution is -0.121. The number of halogens is 3. The number of nitrogens with zero attached hydrogens (tertiary/aromatic N) is 1. The van der Waals surface area contributed by atoms with Crippen LogP contribution in [0.3, 0.4) is 0 Å². The molecule has 0 aromatic heterocycles. The normalized spacial score (nSPS) is 15.8. The van der Waals surface area contributed by atoms with Gasteiger partial charge in [-0.2, -0.15) is 0 Å². The molecule has 0 aliphatic carbocycles. The first-order chi connectivity index (χ1) is 12.4. The first-order valence-corrected chi connectivity index (χ1v) is 10.1. The fraction of sp³-hybridized carbons (Fsp3) is 0.350. The summed E-state index contributed by atoms with van der Waals surface area (Å²) in [4.78, 5) is 14.7. The number of anilines is 1. The number of aryl methyl sites for hydroxylation is 1. The number of piperidine rings is 1. The number of benzene rings is 2. The fourth-order valence-electron chi connectivity index (χ4n) is 3.26. The molecule has 1 saturated heterocycles. The van der Waals surface area contributed by atoms with Gasteiger partial charge in [-0.3, -0.25) is 9.69 Å². The zero-order valence-electron chi connectivity index (χ0n) is 14.6. The molecule has 0 spiro atoms. The highest BCUT2D eigenvalue weighted by Gasteiger charge is 2.26. The summed E-state index contributed by atoms with van der Waals surface area (Å²) in [7, 11) is 0. The number of hydrogen-bond donors (Lipinski definition) is 1. The second-order valence-corrected chi connectivity index (χ2v) is 8.35. The maximum absolute atomic E-state index is 13.9. The van der Waals surface area contributed by atoms with E-state index < -0.39 is 0 Å². The minimum Gasteiger partial charge on any atom is -0.326 e. The molecule has 0 unspecified atom stereocenters. The zero-order chi connectivity index (χ0) is 18.7. The second-order valence-electron chi connectivity index (χ2n) is 6.70. The number of hydrogen-bond acceptors (Lipinski definition) is 2. The molecule has 0 saturated carbocycles. The van der Waals surface area contributed by atoms with Crippen LogP contribution in [-0.4, -0.2) is 23.9 Å². The maximum Gasteiger partial charge on any atom is 0.227 e. The Balaban J connectivity index is 1.55. The van der Waals surface area contributed by atoms with Crippen LogP contribution in [0.25, 0.3) is 0 Å². The lowest BCUT2D eigenvalue weighted by Gasteiger charge is -2.31. The highest BCUT2D eigenvalue weighted by atomic mass is 127. The number of rotatable bonds is 4. The van der Waals surface area contributed by atoms with E-state index in [0.29, 0.717) is 17.1 Å². The second kappa shape index (κ2) is 8.67. The van der Waals surface area contributed by atoms with E-state index in [9.17, 15) is 9.18 Å². The third-order valence-corrected chi connectivity index (χ3v) is 5.87. The average Bonchev–Trinajstić information content (AvgIpc) is 2.61. The smallest absolute Gasteiger partial charge is 0.227 e. The Morgan fingerprint density at radius 1 is 1.31 bits per heavy atom. The predicted octanol–water partition coefficient (Wildman–Crippen LogP) is 5.24. The van der Waals surface area contributed by atoms with Crippen LogP contribution in [0.2, 0.25) is 5.02 Å². The number of likely N-dealkylation sites (tertiary alicyclic amines) is 1. The molecule has 1 amide bonds. The Labute approximate surface area is 172 Å². The summed E-state index contributed by atoms with van der Waals surface area (Å²) >= 11 is 8.37. The minimum atomic E-state index is -0.272. The Morgan fingerprint density at radius 3 is 2.69 bits per heavy atom. The molecule has 1 aliphatic rings. The standard InChI is InChI=1S/C20H21ClFIN2O/c1-13-11-15(23)5-6-19(13)24-20(26)14-7-9-25(10-8-14)12-16-17(21)3-2-4-18(16)22/h2-6,11,14H,7-10,12H2,1H3,(H,24,26). The summed E-state index contributed by atoms with van der Waals surface area (Å²) in [5.74, 6) is -0.217. The van der Waals surface area contributed by atoms with Gasteiger partial charge in [0, 0.05) is 32.3 Å². The van der Waals surface area contributed by atoms with Gasteiger partial charge >= 0.3 is 0 Å². The zero-order valence-corrected chi connectivity index (χ0v) is 17.5. The lowest BCUT2D eigenvalue weighted by atomic mass is 9.95. The third kappa shape index (κ3) is 4.75. The van der Waals surface area contributed by atoms with Gasteiger partial charge in [-0.15, -0.1) is 0 Å². The molecule has 6 heteroatoms. The lowest BCUT2D eigenvalue weighted by Crippen LogP contribution is -2.38. The van der Waals surface area contributed by atoms with E-state index in [1.54, 1.807) is 12.1 Å². The number of carbonyl (C=O) groups is 1. The van der Waals surface area contributed by atoms with E-state index in [0.717, 1.165) is 40.8 Å². The fourth-order valence-corrected chi connectivity index (χ4v) is 4.13. The van der Waals surface area contributed by atoms with Gasteiger partial charge in [-0.1, -0.05) is 17.7 Å². The molecule has 26 heavy (non-hydrogen) atoms. The largest absolute Gasteiger partial charge is 0.326 e. The molecule has 0 radical (unpaired) electrons. The molecule has 1 heterocycles. The average molecular weight is 487 g/mol. The van der Waals surface area contributed by atoms with Crippen molar-refractivity contribution in [2.45, 2.75) is 26.3 Å². The monoisotopic (exact) mass is 486 g/mol. The molecule has 1 N–H and O–H groups in total. The number of amides is 1. The van der Waals surface area contributed by atoms with E-state index in [1.165, 1.54) is 6.07 Å². The highest BCUT2D eigenvalue weighted by Crippen LogP contribution is 2.26. The maximum atomic E-state index is 13.9. The summed E-state index contributed by atoms with van der Waals surface area (Å²) in [6, 6.07) is 10.8. The van der Waals surface area contributed by atoms with Gasteiger partial charge in [-0.25, -0.2) is 4.39 Å². The molecule has 2 aromatic rings. The summed E-state index contributed by atoms with van der Waals surface area (Å²) < 4.78 is 15.1. The van der Waals surface area contributed by atoms with Crippen molar-refractivity contribution >= 4 is 45.8 Å². The van der Waals surface area contributed by atoms with Crippen molar-refractivity contribution in [3.8, 4) is 0 Å². The molecule has 1 fully saturated rings. The van der Waals surface area contributed by atoms with E-state index >= 15 is 0 Å². The summed E-state index contributed by atoms with van der Waals surface area (Å²) in [6.07, 6.45) is 1.53. The van der Waals surface area contributed by atoms with E-state index in [1.807, 2.05) is 19.1 Å². The van der Waals surface area contributed by atoms with Crippen LogP contribution in [0.1, 0.15) is 24.0 Å². The van der Waals surface area contributed by atoms with Crippen molar-refractivity contribution in [3.63, 3.8) is 0 Å². The Morgan fingerprint density at radius 2 is 2.04 bits per heavy atom. The Bertz CT molecular complexity index is 786. The Hall–Kier alpha value is -1.18. The van der Waals surface area contributed by atoms with Crippen molar-refractivity contribution in [2.24, 2.45) is 5.92 Å². The van der Waals surface area contributed by atoms with Crippen molar-refractivity contribution < 1.29 is 9.18 Å². The van der Waals surface area contributed by atoms with Crippen molar-refractivity contribution in [1.29, 1.82) is 0 Å². The minimum absolute atomic E-state index is 0.0129. The van der Waals surface area contributed by atoms with Gasteiger partial charge in [0.2, 0.25) is 5.91 Å². The molecule has 3 nitrogen and oxygen atoms in total. The van der Waals surface area contributed by atoms with Gasteiger partial charge in [0.15, 0.2) is 0 Å². The predicted molar refractivity (Wildman–Crippen MR) is 112 cm³/mol. The van der Waals surface area contributed by atoms with Crippen molar-refractivity contribution in [2.75, 3.05) is 18.4 Å². The van der Waals surface area contributed by atoms with Gasteiger partial charge in [0.25, 0.3) is 0 Å². The number of nitrogens with one attached hydrogen (secondary N) is 1. The first-order valence-electron chi connectivity index (χ1n) is 8.66. The van der Waals surface area contributed by atoms with E-state index in [2.05, 4.69) is 38.9 Å². The molecule has 2 aromatic carbocycles. The molecule has 0 bridgehead atoms. The summed E-state index contributed by atoms with van der Waals surface area (Å²) in [5, 5.41) is 3.51. The van der Waals surface area contributed by atoms with Gasteiger partial charge < -0.3 is 5.32 Å². The molecule has 3 rings (SSSR count). The van der Waals surface area contributed by atoms with Gasteiger partial charge in [0.1, 0.15) is 5.82 Å². The van der Waals surface area contributed by atoms with Crippen LogP contribution in [0.5, 0.6) is 0 Å². The molecular weight excluding hydrogens is 466 g/mol. The molecule has 1 aliphatic heterocycles. The molecule has 0 atom stereocenters. The third-order valence-electron chi connectivity index (χ3n) is 4.85. The van der Waals surface area contributed by atoms with Crippen LogP contribution < -0.4 is 5.32 Å². The van der Waals surface area contributed by atoms with Crippen LogP contribution in [0.15, 0.2) is 36.4 Å². The molecule has 138 valence electrons. The summed E-state index contributed by atoms with van der Waals surface area (Å²) in [6.45, 7) is 4.00. The van der Waals surface area contributed by atoms with Crippen LogP contribution >= 0.6 is 34.2 Å². The van der Waals surface area contributed by atoms with Gasteiger partial charge in [-0.05, 0) is 91.3 Å². The Kier molecular flexibility index (Phi) is 6.53. The summed E-state index contributed by atoms with van der Waals surface area (Å²) in [5.41, 5.74) is 2.47. The molecular formula is C20H21ClFIN2O. The van der Waals surface area contributed by atoms with E-state index in [4.69, 9.17) is 11.6 Å². The number of carbonyl (C=O) groups excluding carboxylic acids is 1. The van der Waals surface area contributed by atoms with Crippen LogP contribution in [-0.2, 0) is 11.3 Å².